The van der Waals surface area contributed by atoms with Crippen LogP contribution in [-0.2, 0) is 47.7 Å². The van der Waals surface area contributed by atoms with Gasteiger partial charge in [0, 0.05) is 43.8 Å². The van der Waals surface area contributed by atoms with Gasteiger partial charge in [0.15, 0.2) is 0 Å². The Bertz CT molecular complexity index is 1170. The molecule has 0 spiro atoms. The van der Waals surface area contributed by atoms with Crippen molar-refractivity contribution < 1.29 is 47.7 Å². The van der Waals surface area contributed by atoms with E-state index in [1.807, 2.05) is 0 Å². The largest absolute Gasteiger partial charge is 0.379 e. The van der Waals surface area contributed by atoms with Crippen LogP contribution in [0.3, 0.4) is 0 Å². The predicted molar refractivity (Wildman–Crippen MR) is 166 cm³/mol. The van der Waals surface area contributed by atoms with E-state index in [0.29, 0.717) is 51.9 Å². The maximum atomic E-state index is 12.4. The Hall–Kier alpha value is -4.18. The molecule has 253 valence electrons. The molecular weight excluding hydrogens is 602 g/mol. The van der Waals surface area contributed by atoms with E-state index < -0.39 is 29.8 Å². The second-order valence-corrected chi connectivity index (χ2v) is 10.2. The number of imide groups is 1. The molecule has 2 atom stereocenters. The third-order valence-corrected chi connectivity index (χ3v) is 6.37. The zero-order valence-electron chi connectivity index (χ0n) is 26.3. The number of hydrogen-bond donors (Lipinski definition) is 4. The molecule has 1 radical (unpaired) electrons. The highest BCUT2D eigenvalue weighted by Gasteiger charge is 2.23. The summed E-state index contributed by atoms with van der Waals surface area (Å²) in [4.78, 5) is 72.5. The number of carbonyl (C=O) groups is 6. The fourth-order valence-corrected chi connectivity index (χ4v) is 3.76. The lowest BCUT2D eigenvalue weighted by molar-refractivity contribution is -0.137. The molecule has 1 heterocycles. The lowest BCUT2D eigenvalue weighted by Gasteiger charge is -2.18. The number of ether oxygens (including phenoxy) is 4. The van der Waals surface area contributed by atoms with E-state index in [1.54, 1.807) is 31.2 Å². The van der Waals surface area contributed by atoms with Gasteiger partial charge in [-0.3, -0.25) is 33.7 Å². The molecule has 15 nitrogen and oxygen atoms in total. The molecule has 0 saturated carbocycles. The number of nitrogens with one attached hydrogen (secondary N) is 4. The monoisotopic (exact) mass is 646 g/mol. The van der Waals surface area contributed by atoms with E-state index >= 15 is 0 Å². The molecule has 46 heavy (non-hydrogen) atoms. The molecule has 1 aromatic rings. The number of nitrogens with zero attached hydrogens (tertiary/aromatic N) is 1. The average Bonchev–Trinajstić information content (AvgIpc) is 3.35. The maximum absolute atomic E-state index is 12.4. The van der Waals surface area contributed by atoms with Crippen LogP contribution < -0.4 is 21.3 Å². The summed E-state index contributed by atoms with van der Waals surface area (Å²) in [6, 6.07) is 5.30. The van der Waals surface area contributed by atoms with Crippen LogP contribution in [0.5, 0.6) is 0 Å². The lowest BCUT2D eigenvalue weighted by Crippen LogP contribution is -2.50. The van der Waals surface area contributed by atoms with Gasteiger partial charge in [0.1, 0.15) is 12.1 Å². The molecule has 0 unspecified atom stereocenters. The van der Waals surface area contributed by atoms with E-state index in [9.17, 15) is 28.8 Å². The summed E-state index contributed by atoms with van der Waals surface area (Å²) in [6.45, 7) is 9.64. The van der Waals surface area contributed by atoms with Crippen LogP contribution in [0.1, 0.15) is 32.3 Å². The molecule has 0 aliphatic carbocycles. The van der Waals surface area contributed by atoms with Crippen molar-refractivity contribution >= 4 is 41.1 Å². The Morgan fingerprint density at radius 3 is 1.80 bits per heavy atom. The van der Waals surface area contributed by atoms with Crippen molar-refractivity contribution in [3.8, 4) is 0 Å². The van der Waals surface area contributed by atoms with Gasteiger partial charge in [-0.25, -0.2) is 0 Å². The van der Waals surface area contributed by atoms with E-state index in [4.69, 9.17) is 18.9 Å². The smallest absolute Gasteiger partial charge is 0.253 e. The van der Waals surface area contributed by atoms with Crippen molar-refractivity contribution in [3.63, 3.8) is 0 Å². The van der Waals surface area contributed by atoms with Crippen LogP contribution in [0.15, 0.2) is 36.4 Å². The minimum Gasteiger partial charge on any atom is -0.379 e. The van der Waals surface area contributed by atoms with Gasteiger partial charge in [0.25, 0.3) is 11.8 Å². The second-order valence-electron chi connectivity index (χ2n) is 10.2. The first kappa shape index (κ1) is 38.0. The molecule has 6 amide bonds. The van der Waals surface area contributed by atoms with Crippen LogP contribution in [0.4, 0.5) is 5.69 Å². The Morgan fingerprint density at radius 1 is 0.696 bits per heavy atom. The van der Waals surface area contributed by atoms with Gasteiger partial charge in [0.2, 0.25) is 23.6 Å². The first-order chi connectivity index (χ1) is 22.1. The number of rotatable bonds is 23. The normalized spacial score (nSPS) is 13.8. The highest BCUT2D eigenvalue weighted by Crippen LogP contribution is 2.09. The minimum atomic E-state index is -0.835. The standard InChI is InChI=1S/C31H44N5O10/c1-22-4-6-25(7-5-22)35-31(42)24(3)34-30(41)23(2)33-27(38)11-14-43-16-18-45-20-21-46-19-17-44-15-12-32-26(37)10-13-36-28(39)8-9-29(36)40/h4-9,23-24H,1,10-21H2,2-3H3,(H,32,37)(H,33,38)(H,34,41)(H,35,42)/t23-,24-/m0/s1. The zero-order valence-corrected chi connectivity index (χ0v) is 26.3. The van der Waals surface area contributed by atoms with Gasteiger partial charge in [-0.2, -0.15) is 0 Å². The van der Waals surface area contributed by atoms with Gasteiger partial charge >= 0.3 is 0 Å². The first-order valence-electron chi connectivity index (χ1n) is 15.0. The zero-order chi connectivity index (χ0) is 33.7. The maximum Gasteiger partial charge on any atom is 0.253 e. The molecule has 0 fully saturated rings. The fourth-order valence-electron chi connectivity index (χ4n) is 3.76. The summed E-state index contributed by atoms with van der Waals surface area (Å²) in [5.41, 5.74) is 1.40. The Kier molecular flexibility index (Phi) is 17.8. The van der Waals surface area contributed by atoms with Crippen molar-refractivity contribution in [2.45, 2.75) is 38.8 Å². The number of carbonyl (C=O) groups excluding carboxylic acids is 6. The number of benzene rings is 1. The molecule has 4 N–H and O–H groups in total. The Labute approximate surface area is 268 Å². The summed E-state index contributed by atoms with van der Waals surface area (Å²) >= 11 is 0. The highest BCUT2D eigenvalue weighted by molar-refractivity contribution is 6.13. The second kappa shape index (κ2) is 21.5. The molecule has 0 aromatic heterocycles. The summed E-state index contributed by atoms with van der Waals surface area (Å²) in [5, 5.41) is 10.5. The molecule has 15 heteroatoms. The number of anilines is 1. The van der Waals surface area contributed by atoms with Crippen molar-refractivity contribution in [1.82, 2.24) is 20.9 Å². The third kappa shape index (κ3) is 15.7. The molecule has 2 rings (SSSR count). The van der Waals surface area contributed by atoms with Gasteiger partial charge in [-0.05, 0) is 38.5 Å². The molecular formula is C31H44N5O10. The minimum absolute atomic E-state index is 0.0277. The summed E-state index contributed by atoms with van der Waals surface area (Å²) in [7, 11) is 0. The van der Waals surface area contributed by atoms with Crippen molar-refractivity contribution in [2.75, 3.05) is 71.3 Å². The summed E-state index contributed by atoms with van der Waals surface area (Å²) in [5.74, 6) is -2.35. The fraction of sp³-hybridized carbons (Fsp3) is 0.516. The van der Waals surface area contributed by atoms with Gasteiger partial charge in [-0.15, -0.1) is 0 Å². The van der Waals surface area contributed by atoms with E-state index in [1.165, 1.54) is 19.1 Å². The van der Waals surface area contributed by atoms with Crippen LogP contribution in [-0.4, -0.2) is 118 Å². The van der Waals surface area contributed by atoms with E-state index in [2.05, 4.69) is 28.2 Å². The molecule has 1 aliphatic rings. The first-order valence-corrected chi connectivity index (χ1v) is 15.0. The van der Waals surface area contributed by atoms with Gasteiger partial charge < -0.3 is 40.2 Å². The Balaban J connectivity index is 1.36. The quantitative estimate of drug-likeness (QED) is 0.0908. The van der Waals surface area contributed by atoms with Crippen molar-refractivity contribution in [1.29, 1.82) is 0 Å². The van der Waals surface area contributed by atoms with Gasteiger partial charge in [-0.1, -0.05) is 12.1 Å². The number of hydrogen-bond acceptors (Lipinski definition) is 10. The van der Waals surface area contributed by atoms with Gasteiger partial charge in [0.05, 0.1) is 52.9 Å². The van der Waals surface area contributed by atoms with Crippen LogP contribution >= 0.6 is 0 Å². The summed E-state index contributed by atoms with van der Waals surface area (Å²) < 4.78 is 21.6. The van der Waals surface area contributed by atoms with Crippen LogP contribution in [0.25, 0.3) is 0 Å². The third-order valence-electron chi connectivity index (χ3n) is 6.37. The topological polar surface area (TPSA) is 191 Å². The molecule has 0 saturated heterocycles. The van der Waals surface area contributed by atoms with Crippen molar-refractivity contribution in [2.24, 2.45) is 0 Å². The summed E-state index contributed by atoms with van der Waals surface area (Å²) in [6.07, 6.45) is 2.44. The SMILES string of the molecule is [CH2]c1ccc(NC(=O)[C@H](C)NC(=O)[C@H](C)NC(=O)CCOCCOCCOCCOCCNC(=O)CCN2C(=O)C=CC2=O)cc1. The van der Waals surface area contributed by atoms with Crippen molar-refractivity contribution in [3.05, 3.63) is 48.9 Å². The predicted octanol–water partition coefficient (Wildman–Crippen LogP) is -0.296. The lowest BCUT2D eigenvalue weighted by atomic mass is 10.2. The molecule has 1 aromatic carbocycles. The molecule has 0 bridgehead atoms. The molecule has 1 aliphatic heterocycles. The van der Waals surface area contributed by atoms with E-state index in [-0.39, 0.29) is 50.3 Å². The van der Waals surface area contributed by atoms with Crippen LogP contribution in [0, 0.1) is 6.92 Å². The Morgan fingerprint density at radius 2 is 1.22 bits per heavy atom. The average molecular weight is 647 g/mol. The van der Waals surface area contributed by atoms with Crippen LogP contribution in [0.2, 0.25) is 0 Å². The number of amides is 6. The van der Waals surface area contributed by atoms with E-state index in [0.717, 1.165) is 10.5 Å². The highest BCUT2D eigenvalue weighted by atomic mass is 16.6.